The number of hydrogen-bond donors (Lipinski definition) is 1. The highest BCUT2D eigenvalue weighted by Gasteiger charge is 2.31. The summed E-state index contributed by atoms with van der Waals surface area (Å²) in [7, 11) is 0. The second-order valence-corrected chi connectivity index (χ2v) is 7.52. The lowest BCUT2D eigenvalue weighted by Gasteiger charge is -2.33. The van der Waals surface area contributed by atoms with Gasteiger partial charge in [0.2, 0.25) is 0 Å². The molecule has 2 aliphatic heterocycles. The van der Waals surface area contributed by atoms with Crippen molar-refractivity contribution in [2.75, 3.05) is 13.1 Å². The highest BCUT2D eigenvalue weighted by Crippen LogP contribution is 2.37. The monoisotopic (exact) mass is 332 g/mol. The molecule has 0 saturated carbocycles. The van der Waals surface area contributed by atoms with Crippen molar-refractivity contribution in [2.45, 2.75) is 33.1 Å². The number of carbonyl (C=O) groups excluding carboxylic acids is 1. The van der Waals surface area contributed by atoms with Gasteiger partial charge >= 0.3 is 0 Å². The molecule has 0 aliphatic carbocycles. The summed E-state index contributed by atoms with van der Waals surface area (Å²) < 4.78 is 0.556. The molecule has 116 valence electrons. The van der Waals surface area contributed by atoms with E-state index < -0.39 is 0 Å². The molecule has 0 spiro atoms. The number of aryl methyl sites for hydroxylation is 2. The number of carbonyl (C=O) groups is 1. The Kier molecular flexibility index (Phi) is 4.54. The van der Waals surface area contributed by atoms with Crippen molar-refractivity contribution in [1.29, 1.82) is 0 Å². The fraction of sp³-hybridized carbons (Fsp3) is 0.412. The highest BCUT2D eigenvalue weighted by molar-refractivity contribution is 8.26. The van der Waals surface area contributed by atoms with Crippen LogP contribution in [0.3, 0.4) is 0 Å². The Morgan fingerprint density at radius 2 is 1.82 bits per heavy atom. The quantitative estimate of drug-likeness (QED) is 0.662. The first kappa shape index (κ1) is 15.6. The molecule has 1 aromatic rings. The van der Waals surface area contributed by atoms with Crippen molar-refractivity contribution in [2.24, 2.45) is 0 Å². The van der Waals surface area contributed by atoms with E-state index in [0.717, 1.165) is 23.7 Å². The summed E-state index contributed by atoms with van der Waals surface area (Å²) in [4.78, 5) is 15.5. The Bertz CT molecular complexity index is 640. The highest BCUT2D eigenvalue weighted by atomic mass is 32.2. The summed E-state index contributed by atoms with van der Waals surface area (Å²) >= 11 is 6.58. The number of thiocarbonyl (C=S) groups is 1. The summed E-state index contributed by atoms with van der Waals surface area (Å²) in [6.07, 6.45) is 3.63. The maximum atomic E-state index is 12.4. The number of piperidine rings is 1. The maximum absolute atomic E-state index is 12.4. The first-order valence-electron chi connectivity index (χ1n) is 7.67. The van der Waals surface area contributed by atoms with E-state index in [-0.39, 0.29) is 5.91 Å². The van der Waals surface area contributed by atoms with Gasteiger partial charge in [0.25, 0.3) is 5.91 Å². The number of benzene rings is 1. The molecule has 1 aromatic carbocycles. The predicted octanol–water partition coefficient (Wildman–Crippen LogP) is 3.61. The van der Waals surface area contributed by atoms with Crippen molar-refractivity contribution >= 4 is 39.9 Å². The van der Waals surface area contributed by atoms with Gasteiger partial charge in [-0.3, -0.25) is 4.79 Å². The van der Waals surface area contributed by atoms with E-state index in [0.29, 0.717) is 4.32 Å². The molecule has 2 fully saturated rings. The van der Waals surface area contributed by atoms with Crippen LogP contribution < -0.4 is 5.32 Å². The second kappa shape index (κ2) is 6.42. The van der Waals surface area contributed by atoms with Crippen LogP contribution in [-0.4, -0.2) is 28.2 Å². The van der Waals surface area contributed by atoms with Gasteiger partial charge in [0, 0.05) is 18.7 Å². The Balaban J connectivity index is 2.17. The Hall–Kier alpha value is -1.33. The Morgan fingerprint density at radius 3 is 2.36 bits per heavy atom. The first-order valence-corrected chi connectivity index (χ1v) is 8.89. The van der Waals surface area contributed by atoms with E-state index in [1.807, 2.05) is 0 Å². The number of likely N-dealkylation sites (tertiary alicyclic amines) is 1. The van der Waals surface area contributed by atoms with Crippen molar-refractivity contribution in [3.05, 3.63) is 39.8 Å². The molecule has 0 bridgehead atoms. The zero-order valence-corrected chi connectivity index (χ0v) is 14.6. The third-order valence-electron chi connectivity index (χ3n) is 4.22. The van der Waals surface area contributed by atoms with Crippen LogP contribution in [0.5, 0.6) is 0 Å². The lowest BCUT2D eigenvalue weighted by molar-refractivity contribution is -0.115. The molecular formula is C17H20N2OS2. The molecule has 5 heteroatoms. The van der Waals surface area contributed by atoms with Crippen LogP contribution in [0.1, 0.15) is 36.0 Å². The largest absolute Gasteiger partial charge is 0.370 e. The van der Waals surface area contributed by atoms with E-state index in [2.05, 4.69) is 42.3 Å². The smallest absolute Gasteiger partial charge is 0.265 e. The van der Waals surface area contributed by atoms with Gasteiger partial charge in [-0.15, -0.1) is 0 Å². The predicted molar refractivity (Wildman–Crippen MR) is 96.6 cm³/mol. The average Bonchev–Trinajstić information content (AvgIpc) is 2.82. The van der Waals surface area contributed by atoms with Gasteiger partial charge in [-0.25, -0.2) is 0 Å². The fourth-order valence-electron chi connectivity index (χ4n) is 3.19. The summed E-state index contributed by atoms with van der Waals surface area (Å²) in [5.74, 6) is -0.0572. The molecule has 3 rings (SSSR count). The molecule has 1 N–H and O–H groups in total. The summed E-state index contributed by atoms with van der Waals surface area (Å²) in [6, 6.07) is 6.30. The molecule has 1 amide bonds. The minimum Gasteiger partial charge on any atom is -0.370 e. The Morgan fingerprint density at radius 1 is 1.18 bits per heavy atom. The van der Waals surface area contributed by atoms with Crippen molar-refractivity contribution in [3.63, 3.8) is 0 Å². The third-order valence-corrected chi connectivity index (χ3v) is 5.44. The van der Waals surface area contributed by atoms with E-state index in [1.165, 1.54) is 47.7 Å². The lowest BCUT2D eigenvalue weighted by Crippen LogP contribution is -2.31. The fourth-order valence-corrected chi connectivity index (χ4v) is 4.33. The van der Waals surface area contributed by atoms with Crippen LogP contribution in [0.4, 0.5) is 0 Å². The zero-order chi connectivity index (χ0) is 15.7. The molecule has 22 heavy (non-hydrogen) atoms. The number of rotatable bonds is 2. The number of nitrogens with one attached hydrogen (secondary N) is 1. The van der Waals surface area contributed by atoms with Gasteiger partial charge in [-0.05, 0) is 44.2 Å². The molecule has 0 atom stereocenters. The third kappa shape index (κ3) is 2.92. The van der Waals surface area contributed by atoms with Crippen LogP contribution >= 0.6 is 24.0 Å². The molecule has 2 heterocycles. The van der Waals surface area contributed by atoms with Crippen molar-refractivity contribution in [1.82, 2.24) is 10.2 Å². The summed E-state index contributed by atoms with van der Waals surface area (Å²) in [5, 5.41) is 2.77. The molecule has 0 aromatic heterocycles. The standard InChI is InChI=1S/C17H20N2OS2/c1-11-7-6-8-12(2)13(11)14(19-9-4-3-5-10-19)15-16(20)18-17(21)22-15/h6-8H,3-5,9-10H2,1-2H3,(H,18,20,21)/b15-14+. The van der Waals surface area contributed by atoms with Crippen LogP contribution in [-0.2, 0) is 4.79 Å². The zero-order valence-electron chi connectivity index (χ0n) is 12.9. The van der Waals surface area contributed by atoms with Crippen molar-refractivity contribution < 1.29 is 4.79 Å². The minimum absolute atomic E-state index is 0.0572. The van der Waals surface area contributed by atoms with Crippen LogP contribution in [0, 0.1) is 13.8 Å². The van der Waals surface area contributed by atoms with E-state index in [4.69, 9.17) is 12.2 Å². The van der Waals surface area contributed by atoms with Crippen LogP contribution in [0.15, 0.2) is 23.1 Å². The molecule has 3 nitrogen and oxygen atoms in total. The molecule has 2 saturated heterocycles. The van der Waals surface area contributed by atoms with Crippen LogP contribution in [0.25, 0.3) is 5.70 Å². The summed E-state index contributed by atoms with van der Waals surface area (Å²) in [5.41, 5.74) is 4.67. The van der Waals surface area contributed by atoms with Gasteiger partial charge in [-0.2, -0.15) is 0 Å². The van der Waals surface area contributed by atoms with E-state index in [1.54, 1.807) is 0 Å². The number of thioether (sulfide) groups is 1. The van der Waals surface area contributed by atoms with Gasteiger partial charge in [0.05, 0.1) is 5.70 Å². The lowest BCUT2D eigenvalue weighted by atomic mass is 9.97. The van der Waals surface area contributed by atoms with Crippen LogP contribution in [0.2, 0.25) is 0 Å². The topological polar surface area (TPSA) is 32.3 Å². The second-order valence-electron chi connectivity index (χ2n) is 5.84. The minimum atomic E-state index is -0.0572. The van der Waals surface area contributed by atoms with Gasteiger partial charge in [0.1, 0.15) is 9.23 Å². The number of amides is 1. The van der Waals surface area contributed by atoms with Gasteiger partial charge in [0.15, 0.2) is 0 Å². The SMILES string of the molecule is Cc1cccc(C)c1/C(=C1\SC(=S)NC1=O)N1CCCCC1. The Labute approximate surface area is 141 Å². The van der Waals surface area contributed by atoms with E-state index in [9.17, 15) is 4.79 Å². The molecule has 2 aliphatic rings. The average molecular weight is 332 g/mol. The van der Waals surface area contributed by atoms with Gasteiger partial charge < -0.3 is 10.2 Å². The first-order chi connectivity index (χ1) is 10.6. The van der Waals surface area contributed by atoms with Gasteiger partial charge in [-0.1, -0.05) is 42.2 Å². The molecular weight excluding hydrogens is 312 g/mol. The number of nitrogens with zero attached hydrogens (tertiary/aromatic N) is 1. The van der Waals surface area contributed by atoms with E-state index >= 15 is 0 Å². The normalized spacial score (nSPS) is 21.1. The maximum Gasteiger partial charge on any atom is 0.265 e. The summed E-state index contributed by atoms with van der Waals surface area (Å²) in [6.45, 7) is 6.24. The molecule has 0 unspecified atom stereocenters. The van der Waals surface area contributed by atoms with Crippen molar-refractivity contribution in [3.8, 4) is 0 Å². The number of hydrogen-bond acceptors (Lipinski definition) is 4. The molecule has 0 radical (unpaired) electrons.